The summed E-state index contributed by atoms with van der Waals surface area (Å²) < 4.78 is 6.28. The van der Waals surface area contributed by atoms with Crippen molar-refractivity contribution in [2.75, 3.05) is 17.8 Å². The second-order valence-corrected chi connectivity index (χ2v) is 8.00. The standard InChI is InChI=1S/C19H20BrNO2S/c1-4-19(2)12-24-17-11-16(23-3)14(20)10-15(17)21(18(19)22)13-8-6-5-7-9-13/h5-11H,4,12H2,1-3H3. The topological polar surface area (TPSA) is 29.5 Å². The molecule has 0 aromatic heterocycles. The van der Waals surface area contributed by atoms with Crippen molar-refractivity contribution in [1.29, 1.82) is 0 Å². The molecule has 1 heterocycles. The largest absolute Gasteiger partial charge is 0.496 e. The number of carbonyl (C=O) groups is 1. The molecule has 0 bridgehead atoms. The molecule has 1 aliphatic heterocycles. The molecule has 0 radical (unpaired) electrons. The minimum Gasteiger partial charge on any atom is -0.496 e. The zero-order valence-corrected chi connectivity index (χ0v) is 16.4. The molecule has 0 aliphatic carbocycles. The second-order valence-electron chi connectivity index (χ2n) is 6.13. The highest BCUT2D eigenvalue weighted by Crippen LogP contribution is 2.48. The molecule has 0 saturated carbocycles. The highest BCUT2D eigenvalue weighted by atomic mass is 79.9. The summed E-state index contributed by atoms with van der Waals surface area (Å²) in [6, 6.07) is 13.8. The number of benzene rings is 2. The Morgan fingerprint density at radius 2 is 2.00 bits per heavy atom. The van der Waals surface area contributed by atoms with Crippen LogP contribution in [0, 0.1) is 5.41 Å². The second kappa shape index (κ2) is 6.81. The van der Waals surface area contributed by atoms with Crippen LogP contribution in [-0.4, -0.2) is 18.8 Å². The Balaban J connectivity index is 2.22. The van der Waals surface area contributed by atoms with Gasteiger partial charge in [0.05, 0.1) is 22.7 Å². The van der Waals surface area contributed by atoms with Crippen LogP contribution in [0.5, 0.6) is 5.75 Å². The summed E-state index contributed by atoms with van der Waals surface area (Å²) in [5.41, 5.74) is 1.39. The molecule has 2 aromatic rings. The van der Waals surface area contributed by atoms with Crippen LogP contribution in [0.3, 0.4) is 0 Å². The molecule has 0 saturated heterocycles. The maximum Gasteiger partial charge on any atom is 0.238 e. The van der Waals surface area contributed by atoms with E-state index >= 15 is 0 Å². The van der Waals surface area contributed by atoms with Crippen molar-refractivity contribution in [3.63, 3.8) is 0 Å². The van der Waals surface area contributed by atoms with Crippen LogP contribution in [-0.2, 0) is 4.79 Å². The van der Waals surface area contributed by atoms with E-state index in [2.05, 4.69) is 29.8 Å². The van der Waals surface area contributed by atoms with Gasteiger partial charge in [-0.3, -0.25) is 9.69 Å². The van der Waals surface area contributed by atoms with Crippen LogP contribution in [0.25, 0.3) is 0 Å². The third kappa shape index (κ3) is 2.95. The van der Waals surface area contributed by atoms with E-state index in [-0.39, 0.29) is 5.91 Å². The number of nitrogens with zero attached hydrogens (tertiary/aromatic N) is 1. The molecular formula is C19H20BrNO2S. The molecule has 126 valence electrons. The molecule has 1 atom stereocenters. The fourth-order valence-corrected chi connectivity index (χ4v) is 4.52. The van der Waals surface area contributed by atoms with Gasteiger partial charge in [-0.2, -0.15) is 0 Å². The number of hydrogen-bond acceptors (Lipinski definition) is 3. The summed E-state index contributed by atoms with van der Waals surface area (Å²) in [7, 11) is 1.66. The van der Waals surface area contributed by atoms with Crippen LogP contribution >= 0.6 is 27.7 Å². The maximum absolute atomic E-state index is 13.4. The molecule has 24 heavy (non-hydrogen) atoms. The van der Waals surface area contributed by atoms with E-state index in [1.165, 1.54) is 0 Å². The van der Waals surface area contributed by atoms with E-state index in [0.29, 0.717) is 0 Å². The number of anilines is 2. The van der Waals surface area contributed by atoms with Gasteiger partial charge in [-0.1, -0.05) is 25.1 Å². The lowest BCUT2D eigenvalue weighted by Crippen LogP contribution is -2.40. The summed E-state index contributed by atoms with van der Waals surface area (Å²) in [5, 5.41) is 0. The molecular weight excluding hydrogens is 386 g/mol. The average molecular weight is 406 g/mol. The van der Waals surface area contributed by atoms with Crippen molar-refractivity contribution < 1.29 is 9.53 Å². The number of amides is 1. The average Bonchev–Trinajstić information content (AvgIpc) is 2.71. The predicted octanol–water partition coefficient (Wildman–Crippen LogP) is 5.64. The summed E-state index contributed by atoms with van der Waals surface area (Å²) in [5.74, 6) is 1.67. The molecule has 5 heteroatoms. The van der Waals surface area contributed by atoms with Gasteiger partial charge in [0, 0.05) is 16.3 Å². The van der Waals surface area contributed by atoms with Gasteiger partial charge in [0.1, 0.15) is 5.75 Å². The number of fused-ring (bicyclic) bond motifs is 1. The zero-order chi connectivity index (χ0) is 17.3. The summed E-state index contributed by atoms with van der Waals surface area (Å²) in [6.45, 7) is 4.13. The van der Waals surface area contributed by atoms with Gasteiger partial charge in [-0.15, -0.1) is 11.8 Å². The lowest BCUT2D eigenvalue weighted by Gasteiger charge is -2.31. The van der Waals surface area contributed by atoms with E-state index < -0.39 is 5.41 Å². The number of thioether (sulfide) groups is 1. The van der Waals surface area contributed by atoms with Gasteiger partial charge < -0.3 is 4.74 Å². The highest BCUT2D eigenvalue weighted by Gasteiger charge is 2.40. The Labute approximate surface area is 155 Å². The minimum absolute atomic E-state index is 0.138. The molecule has 0 N–H and O–H groups in total. The number of methoxy groups -OCH3 is 1. The maximum atomic E-state index is 13.4. The van der Waals surface area contributed by atoms with Crippen LogP contribution in [0.15, 0.2) is 51.8 Å². The minimum atomic E-state index is -0.404. The van der Waals surface area contributed by atoms with Gasteiger partial charge >= 0.3 is 0 Å². The third-order valence-electron chi connectivity index (χ3n) is 4.53. The summed E-state index contributed by atoms with van der Waals surface area (Å²) in [6.07, 6.45) is 0.800. The Kier molecular flexibility index (Phi) is 4.92. The highest BCUT2D eigenvalue weighted by molar-refractivity contribution is 9.10. The van der Waals surface area contributed by atoms with Crippen molar-refractivity contribution in [2.24, 2.45) is 5.41 Å². The Hall–Kier alpha value is -1.46. The first kappa shape index (κ1) is 17.4. The van der Waals surface area contributed by atoms with Gasteiger partial charge in [0.25, 0.3) is 0 Å². The first-order valence-corrected chi connectivity index (χ1v) is 9.68. The van der Waals surface area contributed by atoms with Crippen molar-refractivity contribution in [3.8, 4) is 5.75 Å². The molecule has 2 aromatic carbocycles. The SMILES string of the molecule is CCC1(C)CSc2cc(OC)c(Br)cc2N(c2ccccc2)C1=O. The van der Waals surface area contributed by atoms with Crippen molar-refractivity contribution >= 4 is 45.0 Å². The monoisotopic (exact) mass is 405 g/mol. The normalized spacial score (nSPS) is 20.5. The number of ether oxygens (including phenoxy) is 1. The molecule has 0 spiro atoms. The quantitative estimate of drug-likeness (QED) is 0.660. The van der Waals surface area contributed by atoms with Crippen LogP contribution in [0.1, 0.15) is 20.3 Å². The van der Waals surface area contributed by atoms with E-state index in [1.807, 2.05) is 47.4 Å². The van der Waals surface area contributed by atoms with Gasteiger partial charge in [-0.05, 0) is 53.5 Å². The first-order valence-electron chi connectivity index (χ1n) is 7.90. The van der Waals surface area contributed by atoms with E-state index in [9.17, 15) is 4.79 Å². The third-order valence-corrected chi connectivity index (χ3v) is 6.57. The summed E-state index contributed by atoms with van der Waals surface area (Å²) >= 11 is 5.27. The number of halogens is 1. The molecule has 1 amide bonds. The lowest BCUT2D eigenvalue weighted by atomic mass is 9.87. The lowest BCUT2D eigenvalue weighted by molar-refractivity contribution is -0.125. The zero-order valence-electron chi connectivity index (χ0n) is 14.0. The Bertz CT molecular complexity index is 765. The smallest absolute Gasteiger partial charge is 0.238 e. The number of para-hydroxylation sites is 1. The molecule has 3 rings (SSSR count). The molecule has 3 nitrogen and oxygen atoms in total. The molecule has 1 unspecified atom stereocenters. The predicted molar refractivity (Wildman–Crippen MR) is 103 cm³/mol. The van der Waals surface area contributed by atoms with Crippen molar-refractivity contribution in [1.82, 2.24) is 0 Å². The van der Waals surface area contributed by atoms with Crippen LogP contribution < -0.4 is 9.64 Å². The van der Waals surface area contributed by atoms with Gasteiger partial charge in [0.2, 0.25) is 5.91 Å². The van der Waals surface area contributed by atoms with Crippen molar-refractivity contribution in [3.05, 3.63) is 46.9 Å². The number of hydrogen-bond donors (Lipinski definition) is 0. The van der Waals surface area contributed by atoms with Crippen LogP contribution in [0.2, 0.25) is 0 Å². The molecule has 1 aliphatic rings. The summed E-state index contributed by atoms with van der Waals surface area (Å²) in [4.78, 5) is 16.3. The van der Waals surface area contributed by atoms with E-state index in [4.69, 9.17) is 4.74 Å². The van der Waals surface area contributed by atoms with Gasteiger partial charge in [-0.25, -0.2) is 0 Å². The van der Waals surface area contributed by atoms with E-state index in [1.54, 1.807) is 18.9 Å². The van der Waals surface area contributed by atoms with E-state index in [0.717, 1.165) is 38.7 Å². The van der Waals surface area contributed by atoms with Crippen LogP contribution in [0.4, 0.5) is 11.4 Å². The Morgan fingerprint density at radius 1 is 1.29 bits per heavy atom. The molecule has 0 fully saturated rings. The number of carbonyl (C=O) groups excluding carboxylic acids is 1. The fraction of sp³-hybridized carbons (Fsp3) is 0.316. The van der Waals surface area contributed by atoms with Crippen molar-refractivity contribution in [2.45, 2.75) is 25.2 Å². The fourth-order valence-electron chi connectivity index (χ4n) is 2.74. The first-order chi connectivity index (χ1) is 11.5. The number of rotatable bonds is 3. The van der Waals surface area contributed by atoms with Gasteiger partial charge in [0.15, 0.2) is 0 Å². The Morgan fingerprint density at radius 3 is 2.62 bits per heavy atom.